The van der Waals surface area contributed by atoms with Gasteiger partial charge in [0.15, 0.2) is 18.2 Å². The highest BCUT2D eigenvalue weighted by atomic mass is 35.5. The highest BCUT2D eigenvalue weighted by molar-refractivity contribution is 6.40. The first-order chi connectivity index (χ1) is 10.8. The summed E-state index contributed by atoms with van der Waals surface area (Å²) in [5.41, 5.74) is 0.0234. The summed E-state index contributed by atoms with van der Waals surface area (Å²) < 4.78 is 9.91. The quantitative estimate of drug-likeness (QED) is 0.608. The maximum Gasteiger partial charge on any atom is 0.343 e. The lowest BCUT2D eigenvalue weighted by Crippen LogP contribution is -2.31. The molecule has 0 bridgehead atoms. The molecule has 1 aromatic carbocycles. The smallest absolute Gasteiger partial charge is 0.343 e. The Balaban J connectivity index is 2.53. The van der Waals surface area contributed by atoms with E-state index in [1.165, 1.54) is 13.2 Å². The Morgan fingerprint density at radius 3 is 2.35 bits per heavy atom. The van der Waals surface area contributed by atoms with Crippen molar-refractivity contribution in [2.75, 3.05) is 13.7 Å². The van der Waals surface area contributed by atoms with Gasteiger partial charge in [-0.3, -0.25) is 9.59 Å². The summed E-state index contributed by atoms with van der Waals surface area (Å²) in [5.74, 6) is -0.689. The molecule has 0 radical (unpaired) electrons. The fraction of sp³-hybridized carbons (Fsp3) is 0.471. The number of fused-ring (bicyclic) bond motifs is 1. The van der Waals surface area contributed by atoms with E-state index in [2.05, 4.69) is 4.74 Å². The van der Waals surface area contributed by atoms with Crippen LogP contribution < -0.4 is 4.74 Å². The summed E-state index contributed by atoms with van der Waals surface area (Å²) in [6, 6.07) is 1.51. The molecule has 0 atom stereocenters. The Morgan fingerprint density at radius 2 is 1.83 bits per heavy atom. The van der Waals surface area contributed by atoms with Crippen molar-refractivity contribution in [3.05, 3.63) is 27.8 Å². The number of carbonyl (C=O) groups excluding carboxylic acids is 3. The van der Waals surface area contributed by atoms with Crippen LogP contribution in [0.4, 0.5) is 0 Å². The minimum Gasteiger partial charge on any atom is -0.482 e. The van der Waals surface area contributed by atoms with E-state index in [-0.39, 0.29) is 34.3 Å². The zero-order valence-electron chi connectivity index (χ0n) is 13.6. The number of Topliss-reactive ketones (excluding diaryl/α,β-unsaturated/α-hetero) is 2. The molecule has 0 heterocycles. The largest absolute Gasteiger partial charge is 0.482 e. The van der Waals surface area contributed by atoms with Gasteiger partial charge >= 0.3 is 5.97 Å². The van der Waals surface area contributed by atoms with Gasteiger partial charge in [-0.15, -0.1) is 0 Å². The Bertz CT molecular complexity index is 689. The molecule has 1 aliphatic carbocycles. The molecule has 0 aliphatic heterocycles. The average molecular weight is 339 g/mol. The number of carbonyl (C=O) groups is 3. The number of methoxy groups -OCH3 is 1. The number of hydrogen-bond donors (Lipinski definition) is 0. The van der Waals surface area contributed by atoms with Crippen LogP contribution in [0.25, 0.3) is 0 Å². The Morgan fingerprint density at radius 1 is 1.22 bits per heavy atom. The van der Waals surface area contributed by atoms with Crippen molar-refractivity contribution in [1.29, 1.82) is 0 Å². The van der Waals surface area contributed by atoms with Crippen LogP contribution in [0.5, 0.6) is 5.75 Å². The molecule has 1 aromatic rings. The van der Waals surface area contributed by atoms with Crippen LogP contribution in [-0.4, -0.2) is 31.3 Å². The lowest BCUT2D eigenvalue weighted by Gasteiger charge is -2.21. The van der Waals surface area contributed by atoms with Crippen LogP contribution in [-0.2, 0) is 9.53 Å². The van der Waals surface area contributed by atoms with Gasteiger partial charge in [-0.05, 0) is 25.8 Å². The summed E-state index contributed by atoms with van der Waals surface area (Å²) in [6.07, 6.45) is 0.840. The molecule has 6 heteroatoms. The first-order valence-corrected chi connectivity index (χ1v) is 7.84. The minimum absolute atomic E-state index is 0.212. The third-order valence-corrected chi connectivity index (χ3v) is 5.06. The second kappa shape index (κ2) is 6.32. The van der Waals surface area contributed by atoms with Crippen molar-refractivity contribution in [3.63, 3.8) is 0 Å². The van der Waals surface area contributed by atoms with Crippen LogP contribution in [0.1, 0.15) is 53.0 Å². The van der Waals surface area contributed by atoms with Crippen molar-refractivity contribution in [3.8, 4) is 5.75 Å². The first kappa shape index (κ1) is 17.5. The molecule has 0 saturated heterocycles. The van der Waals surface area contributed by atoms with E-state index in [0.717, 1.165) is 0 Å². The lowest BCUT2D eigenvalue weighted by atomic mass is 9.78. The summed E-state index contributed by atoms with van der Waals surface area (Å²) in [6.45, 7) is 5.04. The van der Waals surface area contributed by atoms with Crippen LogP contribution in [0.2, 0.25) is 5.02 Å². The molecule has 124 valence electrons. The zero-order valence-corrected chi connectivity index (χ0v) is 14.4. The number of hydrogen-bond acceptors (Lipinski definition) is 5. The standard InChI is InChI=1S/C17H19ClO5/c1-5-17(6-2)15(20)10-7-11(23-8-12(19)22-4)9(3)14(18)13(10)16(17)21/h7H,5-6,8H2,1-4H3. The second-order valence-electron chi connectivity index (χ2n) is 5.55. The van der Waals surface area contributed by atoms with E-state index in [1.807, 2.05) is 13.8 Å². The minimum atomic E-state index is -1.04. The monoisotopic (exact) mass is 338 g/mol. The Labute approximate surface area is 139 Å². The van der Waals surface area contributed by atoms with Gasteiger partial charge in [-0.1, -0.05) is 25.4 Å². The van der Waals surface area contributed by atoms with Crippen LogP contribution >= 0.6 is 11.6 Å². The molecule has 0 unspecified atom stereocenters. The molecule has 0 spiro atoms. The van der Waals surface area contributed by atoms with Crippen molar-refractivity contribution in [2.24, 2.45) is 5.41 Å². The van der Waals surface area contributed by atoms with Gasteiger partial charge in [0.05, 0.1) is 17.5 Å². The lowest BCUT2D eigenvalue weighted by molar-refractivity contribution is -0.142. The zero-order chi connectivity index (χ0) is 17.4. The number of ketones is 2. The van der Waals surface area contributed by atoms with Crippen molar-refractivity contribution < 1.29 is 23.9 Å². The Hall–Kier alpha value is -1.88. The SMILES string of the molecule is CCC1(CC)C(=O)c2cc(OCC(=O)OC)c(C)c(Cl)c2C1=O. The van der Waals surface area contributed by atoms with Gasteiger partial charge < -0.3 is 9.47 Å². The van der Waals surface area contributed by atoms with E-state index in [0.29, 0.717) is 24.2 Å². The van der Waals surface area contributed by atoms with Crippen molar-refractivity contribution in [2.45, 2.75) is 33.6 Å². The predicted molar refractivity (Wildman–Crippen MR) is 85.4 cm³/mol. The number of esters is 1. The number of rotatable bonds is 5. The molecule has 0 amide bonds. The molecular weight excluding hydrogens is 320 g/mol. The number of ether oxygens (including phenoxy) is 2. The topological polar surface area (TPSA) is 69.7 Å². The second-order valence-corrected chi connectivity index (χ2v) is 5.93. The summed E-state index contributed by atoms with van der Waals surface area (Å²) >= 11 is 6.33. The molecule has 0 saturated carbocycles. The van der Waals surface area contributed by atoms with Gasteiger partial charge in [-0.25, -0.2) is 4.79 Å². The average Bonchev–Trinajstić information content (AvgIpc) is 2.77. The molecule has 0 aromatic heterocycles. The predicted octanol–water partition coefficient (Wildman–Crippen LogP) is 3.39. The van der Waals surface area contributed by atoms with E-state index in [9.17, 15) is 14.4 Å². The molecule has 0 N–H and O–H groups in total. The Kier molecular flexibility index (Phi) is 4.80. The highest BCUT2D eigenvalue weighted by Crippen LogP contribution is 2.47. The first-order valence-electron chi connectivity index (χ1n) is 7.46. The molecule has 2 rings (SSSR count). The molecule has 1 aliphatic rings. The molecule has 23 heavy (non-hydrogen) atoms. The normalized spacial score (nSPS) is 15.5. The van der Waals surface area contributed by atoms with E-state index in [4.69, 9.17) is 16.3 Å². The van der Waals surface area contributed by atoms with Gasteiger partial charge in [0.25, 0.3) is 0 Å². The van der Waals surface area contributed by atoms with Crippen LogP contribution in [0.3, 0.4) is 0 Å². The maximum atomic E-state index is 12.8. The van der Waals surface area contributed by atoms with Gasteiger partial charge in [-0.2, -0.15) is 0 Å². The fourth-order valence-corrected chi connectivity index (χ4v) is 3.25. The van der Waals surface area contributed by atoms with Crippen LogP contribution in [0.15, 0.2) is 6.07 Å². The van der Waals surface area contributed by atoms with Gasteiger partial charge in [0.1, 0.15) is 5.75 Å². The van der Waals surface area contributed by atoms with Gasteiger partial charge in [0.2, 0.25) is 0 Å². The summed E-state index contributed by atoms with van der Waals surface area (Å²) in [7, 11) is 1.26. The third-order valence-electron chi connectivity index (χ3n) is 4.58. The van der Waals surface area contributed by atoms with E-state index in [1.54, 1.807) is 6.92 Å². The highest BCUT2D eigenvalue weighted by Gasteiger charge is 2.51. The summed E-state index contributed by atoms with van der Waals surface area (Å²) in [4.78, 5) is 36.8. The molecule has 0 fully saturated rings. The molecule has 5 nitrogen and oxygen atoms in total. The number of halogens is 1. The number of benzene rings is 1. The van der Waals surface area contributed by atoms with E-state index < -0.39 is 11.4 Å². The van der Waals surface area contributed by atoms with Crippen LogP contribution in [0, 0.1) is 12.3 Å². The van der Waals surface area contributed by atoms with E-state index >= 15 is 0 Å². The van der Waals surface area contributed by atoms with Gasteiger partial charge in [0, 0.05) is 16.7 Å². The van der Waals surface area contributed by atoms with Crippen molar-refractivity contribution in [1.82, 2.24) is 0 Å². The summed E-state index contributed by atoms with van der Waals surface area (Å²) in [5, 5.41) is 0.212. The van der Waals surface area contributed by atoms with Crippen molar-refractivity contribution >= 4 is 29.1 Å². The molecular formula is C17H19ClO5. The fourth-order valence-electron chi connectivity index (χ4n) is 2.96. The maximum absolute atomic E-state index is 12.8. The third kappa shape index (κ3) is 2.53.